The van der Waals surface area contributed by atoms with Gasteiger partial charge < -0.3 is 19.3 Å². The van der Waals surface area contributed by atoms with E-state index in [1.54, 1.807) is 18.9 Å². The summed E-state index contributed by atoms with van der Waals surface area (Å²) in [5.74, 6) is 3.01. The number of benzene rings is 1. The number of hydrogen-bond acceptors (Lipinski definition) is 8. The smallest absolute Gasteiger partial charge is 0.306 e. The summed E-state index contributed by atoms with van der Waals surface area (Å²) in [5.41, 5.74) is 0.542. The van der Waals surface area contributed by atoms with Crippen LogP contribution in [-0.2, 0) is 26.2 Å². The molecule has 1 saturated carbocycles. The van der Waals surface area contributed by atoms with Gasteiger partial charge in [-0.3, -0.25) is 14.5 Å². The van der Waals surface area contributed by atoms with Crippen molar-refractivity contribution in [3.05, 3.63) is 23.3 Å². The Morgan fingerprint density at radius 3 is 2.97 bits per heavy atom. The number of ketones is 1. The van der Waals surface area contributed by atoms with Crippen molar-refractivity contribution >= 4 is 23.5 Å². The molecule has 1 spiro atoms. The third-order valence-electron chi connectivity index (χ3n) is 8.06. The number of carbonyl (C=O) groups is 2. The van der Waals surface area contributed by atoms with Crippen LogP contribution in [0.4, 0.5) is 0 Å². The van der Waals surface area contributed by atoms with E-state index in [-0.39, 0.29) is 17.8 Å². The van der Waals surface area contributed by atoms with E-state index >= 15 is 0 Å². The lowest BCUT2D eigenvalue weighted by Crippen LogP contribution is -2.76. The maximum atomic E-state index is 13.0. The topological polar surface area (TPSA) is 85.3 Å². The maximum absolute atomic E-state index is 13.0. The quantitative estimate of drug-likeness (QED) is 0.431. The number of ether oxygens (including phenoxy) is 3. The lowest BCUT2D eigenvalue weighted by atomic mass is 9.49. The van der Waals surface area contributed by atoms with Crippen molar-refractivity contribution in [2.45, 2.75) is 68.6 Å². The van der Waals surface area contributed by atoms with Crippen LogP contribution in [-0.4, -0.2) is 77.8 Å². The van der Waals surface area contributed by atoms with Gasteiger partial charge in [-0.25, -0.2) is 0 Å². The zero-order valence-electron chi connectivity index (χ0n) is 19.4. The molecule has 1 aromatic carbocycles. The molecule has 33 heavy (non-hydrogen) atoms. The van der Waals surface area contributed by atoms with Crippen LogP contribution in [0.3, 0.4) is 0 Å². The molecular formula is C25H33NO6S. The minimum Gasteiger partial charge on any atom is -0.493 e. The Labute approximate surface area is 199 Å². The summed E-state index contributed by atoms with van der Waals surface area (Å²) >= 11 is 1.77. The van der Waals surface area contributed by atoms with E-state index in [9.17, 15) is 14.7 Å². The third-order valence-corrected chi connectivity index (χ3v) is 9.13. The second kappa shape index (κ2) is 8.78. The number of piperidine rings is 1. The summed E-state index contributed by atoms with van der Waals surface area (Å²) in [4.78, 5) is 26.9. The fourth-order valence-electron chi connectivity index (χ4n) is 6.69. The second-order valence-electron chi connectivity index (χ2n) is 9.52. The highest BCUT2D eigenvalue weighted by Crippen LogP contribution is 2.64. The molecule has 0 amide bonds. The van der Waals surface area contributed by atoms with Crippen LogP contribution in [0.2, 0.25) is 0 Å². The molecule has 5 rings (SSSR count). The summed E-state index contributed by atoms with van der Waals surface area (Å²) in [7, 11) is 1.62. The summed E-state index contributed by atoms with van der Waals surface area (Å²) in [6.45, 7) is 3.99. The Morgan fingerprint density at radius 2 is 2.18 bits per heavy atom. The molecule has 0 radical (unpaired) electrons. The Morgan fingerprint density at radius 1 is 1.33 bits per heavy atom. The molecule has 2 aliphatic heterocycles. The fraction of sp³-hybridized carbons (Fsp3) is 0.680. The number of likely N-dealkylation sites (tertiary alicyclic amines) is 1. The van der Waals surface area contributed by atoms with Crippen LogP contribution < -0.4 is 9.47 Å². The number of aliphatic hydroxyl groups is 1. The zero-order chi connectivity index (χ0) is 23.2. The van der Waals surface area contributed by atoms with Crippen molar-refractivity contribution in [3.63, 3.8) is 0 Å². The number of thioether (sulfide) groups is 1. The lowest BCUT2D eigenvalue weighted by molar-refractivity contribution is -0.188. The molecule has 2 bridgehead atoms. The van der Waals surface area contributed by atoms with Crippen LogP contribution in [0.25, 0.3) is 0 Å². The molecule has 4 atom stereocenters. The second-order valence-corrected chi connectivity index (χ2v) is 10.7. The van der Waals surface area contributed by atoms with Gasteiger partial charge in [0.25, 0.3) is 0 Å². The van der Waals surface area contributed by atoms with Gasteiger partial charge >= 0.3 is 5.97 Å². The molecule has 0 aromatic heterocycles. The largest absolute Gasteiger partial charge is 0.493 e. The van der Waals surface area contributed by atoms with Gasteiger partial charge in [0.05, 0.1) is 31.2 Å². The highest BCUT2D eigenvalue weighted by atomic mass is 32.2. The number of rotatable bonds is 9. The molecule has 4 aliphatic rings. The fourth-order valence-corrected chi connectivity index (χ4v) is 7.54. The number of carbonyl (C=O) groups excluding carboxylic acids is 2. The monoisotopic (exact) mass is 475 g/mol. The van der Waals surface area contributed by atoms with Gasteiger partial charge in [0.1, 0.15) is 0 Å². The van der Waals surface area contributed by atoms with Gasteiger partial charge in [-0.2, -0.15) is 11.8 Å². The predicted octanol–water partition coefficient (Wildman–Crippen LogP) is 2.49. The minimum absolute atomic E-state index is 0.0261. The Bertz CT molecular complexity index is 953. The molecule has 2 aliphatic carbocycles. The maximum Gasteiger partial charge on any atom is 0.306 e. The van der Waals surface area contributed by atoms with Crippen LogP contribution in [0.5, 0.6) is 11.5 Å². The number of Topliss-reactive ketones (excluding diaryl/α,β-unsaturated/α-hetero) is 1. The molecule has 1 aromatic rings. The SMILES string of the molecule is CCOC(=O)CCSCCCN1CC[C@]23c4c5ccc(OC)c4O[C@H]2C(=O)CC[C@@]3(O)[C@H]1C5. The Balaban J connectivity index is 1.33. The zero-order valence-corrected chi connectivity index (χ0v) is 20.2. The van der Waals surface area contributed by atoms with Gasteiger partial charge in [-0.15, -0.1) is 0 Å². The van der Waals surface area contributed by atoms with E-state index in [0.29, 0.717) is 43.8 Å². The molecule has 1 N–H and O–H groups in total. The molecule has 180 valence electrons. The van der Waals surface area contributed by atoms with Crippen LogP contribution in [0.15, 0.2) is 12.1 Å². The highest BCUT2D eigenvalue weighted by molar-refractivity contribution is 7.99. The summed E-state index contributed by atoms with van der Waals surface area (Å²) in [6.07, 6.45) is 3.12. The van der Waals surface area contributed by atoms with Gasteiger partial charge in [0.15, 0.2) is 23.4 Å². The van der Waals surface area contributed by atoms with Gasteiger partial charge in [0.2, 0.25) is 0 Å². The summed E-state index contributed by atoms with van der Waals surface area (Å²) < 4.78 is 16.8. The number of esters is 1. The Kier molecular flexibility index (Phi) is 6.12. The molecule has 7 nitrogen and oxygen atoms in total. The average Bonchev–Trinajstić information content (AvgIpc) is 3.15. The third kappa shape index (κ3) is 3.40. The first-order chi connectivity index (χ1) is 16.0. The van der Waals surface area contributed by atoms with Gasteiger partial charge in [-0.05, 0) is 63.1 Å². The van der Waals surface area contributed by atoms with E-state index in [1.807, 2.05) is 13.0 Å². The van der Waals surface area contributed by atoms with E-state index in [2.05, 4.69) is 11.0 Å². The number of methoxy groups -OCH3 is 1. The highest BCUT2D eigenvalue weighted by Gasteiger charge is 2.73. The summed E-state index contributed by atoms with van der Waals surface area (Å²) in [5, 5.41) is 12.2. The van der Waals surface area contributed by atoms with Crippen molar-refractivity contribution in [3.8, 4) is 11.5 Å². The number of hydrogen-bond donors (Lipinski definition) is 1. The minimum atomic E-state index is -0.981. The van der Waals surface area contributed by atoms with E-state index in [1.165, 1.54) is 5.56 Å². The van der Waals surface area contributed by atoms with E-state index in [0.717, 1.165) is 43.0 Å². The molecular weight excluding hydrogens is 442 g/mol. The molecule has 2 heterocycles. The normalized spacial score (nSPS) is 31.7. The molecule has 2 fully saturated rings. The molecule has 0 unspecified atom stereocenters. The standard InChI is InChI=1S/C25H33NO6S/c1-3-31-20(28)8-14-33-13-4-11-26-12-10-24-21-16-5-6-18(30-2)22(21)32-23(24)17(27)7-9-25(24,29)19(26)15-16/h5-6,19,23,29H,3-4,7-15H2,1-2H3/t19-,23+,24+,25-/m1/s1. The van der Waals surface area contributed by atoms with E-state index in [4.69, 9.17) is 14.2 Å². The first-order valence-corrected chi connectivity index (χ1v) is 13.2. The average molecular weight is 476 g/mol. The van der Waals surface area contributed by atoms with Crippen LogP contribution in [0, 0.1) is 0 Å². The van der Waals surface area contributed by atoms with Gasteiger partial charge in [0, 0.05) is 23.8 Å². The first-order valence-electron chi connectivity index (χ1n) is 12.1. The van der Waals surface area contributed by atoms with Crippen LogP contribution >= 0.6 is 11.8 Å². The van der Waals surface area contributed by atoms with Crippen LogP contribution in [0.1, 0.15) is 50.2 Å². The lowest BCUT2D eigenvalue weighted by Gasteiger charge is -2.62. The van der Waals surface area contributed by atoms with Crippen molar-refractivity contribution in [2.24, 2.45) is 0 Å². The first kappa shape index (κ1) is 23.0. The molecule has 1 saturated heterocycles. The van der Waals surface area contributed by atoms with E-state index < -0.39 is 17.1 Å². The summed E-state index contributed by atoms with van der Waals surface area (Å²) in [6, 6.07) is 3.99. The number of nitrogens with zero attached hydrogens (tertiary/aromatic N) is 1. The van der Waals surface area contributed by atoms with Gasteiger partial charge in [-0.1, -0.05) is 6.07 Å². The Hall–Kier alpha value is -1.77. The predicted molar refractivity (Wildman–Crippen MR) is 125 cm³/mol. The molecule has 8 heteroatoms. The van der Waals surface area contributed by atoms with Crippen molar-refractivity contribution < 1.29 is 28.9 Å². The van der Waals surface area contributed by atoms with Crippen molar-refractivity contribution in [1.29, 1.82) is 0 Å². The van der Waals surface area contributed by atoms with Crippen molar-refractivity contribution in [2.75, 3.05) is 38.3 Å². The van der Waals surface area contributed by atoms with Crippen molar-refractivity contribution in [1.82, 2.24) is 4.90 Å².